The van der Waals surface area contributed by atoms with E-state index >= 15 is 0 Å². The van der Waals surface area contributed by atoms with E-state index < -0.39 is 0 Å². The molecule has 0 aromatic heterocycles. The van der Waals surface area contributed by atoms with Crippen LogP contribution in [0.1, 0.15) is 16.7 Å². The number of rotatable bonds is 3. The van der Waals surface area contributed by atoms with Gasteiger partial charge in [-0.15, -0.1) is 0 Å². The van der Waals surface area contributed by atoms with E-state index in [2.05, 4.69) is 36.9 Å². The zero-order valence-corrected chi connectivity index (χ0v) is 11.8. The van der Waals surface area contributed by atoms with Gasteiger partial charge in [0.05, 0.1) is 20.3 Å². The lowest BCUT2D eigenvalue weighted by molar-refractivity contribution is -0.153. The van der Waals surface area contributed by atoms with Crippen molar-refractivity contribution in [3.05, 3.63) is 34.9 Å². The number of carbonyl (C=O) groups is 1. The fourth-order valence-corrected chi connectivity index (χ4v) is 2.48. The molecule has 0 saturated carbocycles. The van der Waals surface area contributed by atoms with E-state index in [1.807, 2.05) is 0 Å². The number of benzene rings is 1. The van der Waals surface area contributed by atoms with Gasteiger partial charge in [0.15, 0.2) is 0 Å². The summed E-state index contributed by atoms with van der Waals surface area (Å²) in [4.78, 5) is 13.9. The number of nitrogens with zero attached hydrogens (tertiary/aromatic N) is 1. The van der Waals surface area contributed by atoms with Gasteiger partial charge in [0.25, 0.3) is 0 Å². The molecule has 1 aromatic carbocycles. The van der Waals surface area contributed by atoms with Crippen LogP contribution < -0.4 is 0 Å². The quantitative estimate of drug-likeness (QED) is 0.778. The smallest absolute Gasteiger partial charge is 0.325 e. The summed E-state index contributed by atoms with van der Waals surface area (Å²) in [6.07, 6.45) is 0. The highest BCUT2D eigenvalue weighted by Gasteiger charge is 2.30. The minimum absolute atomic E-state index is 0.217. The molecule has 1 fully saturated rings. The second-order valence-electron chi connectivity index (χ2n) is 4.95. The molecular weight excluding hydrogens is 242 g/mol. The van der Waals surface area contributed by atoms with E-state index in [1.54, 1.807) is 0 Å². The van der Waals surface area contributed by atoms with Crippen molar-refractivity contribution >= 4 is 5.97 Å². The average Bonchev–Trinajstić information content (AvgIpc) is 2.42. The van der Waals surface area contributed by atoms with Gasteiger partial charge < -0.3 is 9.47 Å². The first kappa shape index (κ1) is 14.0. The molecule has 1 atom stereocenters. The third-order valence-electron chi connectivity index (χ3n) is 3.72. The van der Waals surface area contributed by atoms with Crippen LogP contribution in [0.15, 0.2) is 18.2 Å². The molecule has 0 amide bonds. The molecule has 1 aliphatic rings. The Balaban J connectivity index is 2.18. The number of methoxy groups -OCH3 is 1. The first-order valence-corrected chi connectivity index (χ1v) is 6.58. The van der Waals surface area contributed by atoms with Crippen molar-refractivity contribution in [2.24, 2.45) is 0 Å². The molecule has 19 heavy (non-hydrogen) atoms. The Bertz CT molecular complexity index is 438. The van der Waals surface area contributed by atoms with Gasteiger partial charge in [-0.25, -0.2) is 0 Å². The molecule has 1 saturated heterocycles. The van der Waals surface area contributed by atoms with Crippen LogP contribution in [0.3, 0.4) is 0 Å². The number of hydrogen-bond acceptors (Lipinski definition) is 4. The van der Waals surface area contributed by atoms with Crippen molar-refractivity contribution in [1.82, 2.24) is 4.90 Å². The maximum absolute atomic E-state index is 11.8. The van der Waals surface area contributed by atoms with Crippen molar-refractivity contribution in [2.45, 2.75) is 26.4 Å². The zero-order valence-electron chi connectivity index (χ0n) is 11.8. The molecular formula is C15H21NO3. The minimum Gasteiger partial charge on any atom is -0.468 e. The highest BCUT2D eigenvalue weighted by atomic mass is 16.5. The highest BCUT2D eigenvalue weighted by Crippen LogP contribution is 2.19. The second kappa shape index (κ2) is 6.17. The fourth-order valence-electron chi connectivity index (χ4n) is 2.48. The second-order valence-corrected chi connectivity index (χ2v) is 4.95. The predicted octanol–water partition coefficient (Wildman–Crippen LogP) is 1.68. The first-order valence-electron chi connectivity index (χ1n) is 6.58. The van der Waals surface area contributed by atoms with E-state index in [0.29, 0.717) is 13.2 Å². The van der Waals surface area contributed by atoms with Gasteiger partial charge in [-0.2, -0.15) is 0 Å². The van der Waals surface area contributed by atoms with Crippen LogP contribution in [0.2, 0.25) is 0 Å². The number of hydrogen-bond donors (Lipinski definition) is 0. The number of morpholine rings is 1. The summed E-state index contributed by atoms with van der Waals surface area (Å²) < 4.78 is 10.2. The van der Waals surface area contributed by atoms with Crippen LogP contribution >= 0.6 is 0 Å². The Morgan fingerprint density at radius 3 is 2.74 bits per heavy atom. The topological polar surface area (TPSA) is 38.8 Å². The summed E-state index contributed by atoms with van der Waals surface area (Å²) in [5.41, 5.74) is 3.81. The molecule has 1 heterocycles. The van der Waals surface area contributed by atoms with Crippen LogP contribution in [-0.4, -0.2) is 43.8 Å². The monoisotopic (exact) mass is 263 g/mol. The van der Waals surface area contributed by atoms with E-state index in [0.717, 1.165) is 13.1 Å². The molecule has 0 aliphatic carbocycles. The number of carbonyl (C=O) groups excluding carboxylic acids is 1. The third-order valence-corrected chi connectivity index (χ3v) is 3.72. The van der Waals surface area contributed by atoms with Crippen LogP contribution in [0.25, 0.3) is 0 Å². The molecule has 1 aliphatic heterocycles. The Morgan fingerprint density at radius 1 is 1.42 bits per heavy atom. The molecule has 2 rings (SSSR count). The van der Waals surface area contributed by atoms with Gasteiger partial charge >= 0.3 is 5.97 Å². The van der Waals surface area contributed by atoms with Crippen molar-refractivity contribution in [3.63, 3.8) is 0 Å². The van der Waals surface area contributed by atoms with Gasteiger partial charge in [0, 0.05) is 13.1 Å². The largest absolute Gasteiger partial charge is 0.468 e. The van der Waals surface area contributed by atoms with Crippen molar-refractivity contribution in [2.75, 3.05) is 26.9 Å². The Kier molecular flexibility index (Phi) is 4.56. The molecule has 0 bridgehead atoms. The Labute approximate surface area is 114 Å². The van der Waals surface area contributed by atoms with Crippen molar-refractivity contribution < 1.29 is 14.3 Å². The number of aryl methyl sites for hydroxylation is 2. The summed E-state index contributed by atoms with van der Waals surface area (Å²) in [6.45, 7) is 6.82. The Morgan fingerprint density at radius 2 is 2.11 bits per heavy atom. The Hall–Kier alpha value is -1.39. The lowest BCUT2D eigenvalue weighted by Crippen LogP contribution is -2.49. The standard InChI is InChI=1S/C15H21NO3/c1-11-5-4-6-12(2)13(11)9-16-7-8-19-10-14(16)15(17)18-3/h4-6,14H,7-10H2,1-3H3. The van der Waals surface area contributed by atoms with Crippen molar-refractivity contribution in [1.29, 1.82) is 0 Å². The molecule has 4 heteroatoms. The average molecular weight is 263 g/mol. The molecule has 0 N–H and O–H groups in total. The molecule has 104 valence electrons. The number of esters is 1. The predicted molar refractivity (Wildman–Crippen MR) is 72.9 cm³/mol. The van der Waals surface area contributed by atoms with Gasteiger partial charge in [-0.1, -0.05) is 18.2 Å². The van der Waals surface area contributed by atoms with Crippen molar-refractivity contribution in [3.8, 4) is 0 Å². The lowest BCUT2D eigenvalue weighted by atomic mass is 10.0. The van der Waals surface area contributed by atoms with E-state index in [1.165, 1.54) is 23.8 Å². The van der Waals surface area contributed by atoms with Gasteiger partial charge in [0.2, 0.25) is 0 Å². The third kappa shape index (κ3) is 3.14. The van der Waals surface area contributed by atoms with Crippen LogP contribution in [0, 0.1) is 13.8 Å². The normalized spacial score (nSPS) is 20.3. The van der Waals surface area contributed by atoms with Crippen LogP contribution in [-0.2, 0) is 20.8 Å². The SMILES string of the molecule is COC(=O)C1COCCN1Cc1c(C)cccc1C. The zero-order chi connectivity index (χ0) is 13.8. The molecule has 1 aromatic rings. The minimum atomic E-state index is -0.294. The van der Waals surface area contributed by atoms with Crippen LogP contribution in [0.4, 0.5) is 0 Å². The first-order chi connectivity index (χ1) is 9.13. The summed E-state index contributed by atoms with van der Waals surface area (Å²) in [5.74, 6) is -0.217. The van der Waals surface area contributed by atoms with E-state index in [4.69, 9.17) is 9.47 Å². The maximum Gasteiger partial charge on any atom is 0.325 e. The van der Waals surface area contributed by atoms with Gasteiger partial charge in [-0.3, -0.25) is 9.69 Å². The summed E-state index contributed by atoms with van der Waals surface area (Å²) in [5, 5.41) is 0. The van der Waals surface area contributed by atoms with E-state index in [9.17, 15) is 4.79 Å². The fraction of sp³-hybridized carbons (Fsp3) is 0.533. The summed E-state index contributed by atoms with van der Waals surface area (Å²) in [6, 6.07) is 5.98. The molecule has 4 nitrogen and oxygen atoms in total. The van der Waals surface area contributed by atoms with E-state index in [-0.39, 0.29) is 12.0 Å². The maximum atomic E-state index is 11.8. The molecule has 0 spiro atoms. The van der Waals surface area contributed by atoms with Gasteiger partial charge in [0.1, 0.15) is 6.04 Å². The molecule has 0 radical (unpaired) electrons. The summed E-state index contributed by atoms with van der Waals surface area (Å²) in [7, 11) is 1.42. The number of ether oxygens (including phenoxy) is 2. The summed E-state index contributed by atoms with van der Waals surface area (Å²) >= 11 is 0. The van der Waals surface area contributed by atoms with Gasteiger partial charge in [-0.05, 0) is 30.5 Å². The lowest BCUT2D eigenvalue weighted by Gasteiger charge is -2.34. The molecule has 1 unspecified atom stereocenters. The highest BCUT2D eigenvalue weighted by molar-refractivity contribution is 5.76. The van der Waals surface area contributed by atoms with Crippen LogP contribution in [0.5, 0.6) is 0 Å².